The van der Waals surface area contributed by atoms with Gasteiger partial charge in [-0.2, -0.15) is 0 Å². The summed E-state index contributed by atoms with van der Waals surface area (Å²) in [6, 6.07) is 0. The van der Waals surface area contributed by atoms with Crippen LogP contribution >= 0.6 is 15.9 Å². The van der Waals surface area contributed by atoms with Crippen molar-refractivity contribution in [3.63, 3.8) is 0 Å². The molecule has 3 nitrogen and oxygen atoms in total. The zero-order valence-corrected chi connectivity index (χ0v) is 21.3. The molecule has 0 aromatic rings. The van der Waals surface area contributed by atoms with E-state index in [1.165, 1.54) is 38.5 Å². The zero-order chi connectivity index (χ0) is 22.3. The van der Waals surface area contributed by atoms with Gasteiger partial charge >= 0.3 is 5.97 Å². The number of aliphatic carboxylic acids is 1. The number of alkyl halides is 1. The van der Waals surface area contributed by atoms with Gasteiger partial charge in [-0.1, -0.05) is 69.8 Å². The molecular weight excluding hydrogens is 440 g/mol. The van der Waals surface area contributed by atoms with E-state index < -0.39 is 11.4 Å². The number of Topliss-reactive ketones (excluding diaryl/α,β-unsaturated/α-hetero) is 1. The van der Waals surface area contributed by atoms with E-state index in [-0.39, 0.29) is 17.0 Å². The Morgan fingerprint density at radius 2 is 1.83 bits per heavy atom. The topological polar surface area (TPSA) is 54.4 Å². The van der Waals surface area contributed by atoms with Crippen LogP contribution < -0.4 is 0 Å². The number of hydrogen-bond donors (Lipinski definition) is 1. The van der Waals surface area contributed by atoms with Gasteiger partial charge in [0.2, 0.25) is 0 Å². The van der Waals surface area contributed by atoms with Gasteiger partial charge in [-0.3, -0.25) is 9.59 Å². The lowest BCUT2D eigenvalue weighted by Gasteiger charge is -2.57. The summed E-state index contributed by atoms with van der Waals surface area (Å²) in [7, 11) is 0. The van der Waals surface area contributed by atoms with Gasteiger partial charge in [0.1, 0.15) is 0 Å². The van der Waals surface area contributed by atoms with E-state index in [0.717, 1.165) is 30.6 Å². The van der Waals surface area contributed by atoms with E-state index in [9.17, 15) is 14.7 Å². The Hall–Kier alpha value is -0.380. The first kappa shape index (κ1) is 24.3. The Kier molecular flexibility index (Phi) is 7.47. The van der Waals surface area contributed by atoms with Crippen LogP contribution in [0.4, 0.5) is 0 Å². The van der Waals surface area contributed by atoms with Gasteiger partial charge < -0.3 is 5.11 Å². The van der Waals surface area contributed by atoms with E-state index in [4.69, 9.17) is 0 Å². The first-order chi connectivity index (χ1) is 14.0. The molecule has 0 bridgehead atoms. The standard InChI is InChI=1S/C26H43BrO3/c1-16(2)7-6-8-17(3)19-9-10-20-18-15-22(27)24(30)26(5,14-12-23(28)29)21(18)11-13-25(19,20)4/h16-22H,6-15H2,1-5H3,(H,28,29)/t17-,18-,19+,20+,21-,22+,25-,26+/m1/s1. The summed E-state index contributed by atoms with van der Waals surface area (Å²) in [6.45, 7) is 11.8. The first-order valence-corrected chi connectivity index (χ1v) is 13.3. The van der Waals surface area contributed by atoms with E-state index in [2.05, 4.69) is 50.5 Å². The minimum atomic E-state index is -0.783. The van der Waals surface area contributed by atoms with Crippen molar-refractivity contribution < 1.29 is 14.7 Å². The minimum Gasteiger partial charge on any atom is -0.481 e. The fourth-order valence-corrected chi connectivity index (χ4v) is 8.95. The molecule has 0 aromatic heterocycles. The van der Waals surface area contributed by atoms with Crippen molar-refractivity contribution in [2.75, 3.05) is 0 Å². The number of carbonyl (C=O) groups is 2. The molecule has 0 heterocycles. The third kappa shape index (κ3) is 4.41. The molecule has 3 aliphatic carbocycles. The molecule has 3 saturated carbocycles. The molecule has 0 aromatic carbocycles. The predicted molar refractivity (Wildman–Crippen MR) is 126 cm³/mol. The molecule has 3 fully saturated rings. The maximum atomic E-state index is 13.2. The van der Waals surface area contributed by atoms with Crippen molar-refractivity contribution in [1.29, 1.82) is 0 Å². The molecule has 8 atom stereocenters. The van der Waals surface area contributed by atoms with Crippen LogP contribution in [0.15, 0.2) is 0 Å². The quantitative estimate of drug-likeness (QED) is 0.374. The van der Waals surface area contributed by atoms with Gasteiger partial charge in [0.25, 0.3) is 0 Å². The number of halogens is 1. The van der Waals surface area contributed by atoms with Crippen molar-refractivity contribution in [3.05, 3.63) is 0 Å². The summed E-state index contributed by atoms with van der Waals surface area (Å²) in [5, 5.41) is 9.28. The summed E-state index contributed by atoms with van der Waals surface area (Å²) in [4.78, 5) is 24.4. The SMILES string of the molecule is CC(C)CCC[C@@H](C)[C@@H]1CC[C@H]2[C@H]3C[C@H](Br)C(=O)[C@@](C)(CCC(=O)O)[C@@H]3CC[C@@]21C. The minimum absolute atomic E-state index is 0.0998. The fourth-order valence-electron chi connectivity index (χ4n) is 7.99. The van der Waals surface area contributed by atoms with Crippen LogP contribution in [0.3, 0.4) is 0 Å². The van der Waals surface area contributed by atoms with Crippen LogP contribution in [-0.2, 0) is 9.59 Å². The number of hydrogen-bond acceptors (Lipinski definition) is 2. The number of carbonyl (C=O) groups excluding carboxylic acids is 1. The van der Waals surface area contributed by atoms with E-state index in [1.54, 1.807) is 0 Å². The number of carboxylic acids is 1. The molecule has 3 rings (SSSR count). The smallest absolute Gasteiger partial charge is 0.303 e. The highest BCUT2D eigenvalue weighted by atomic mass is 79.9. The Morgan fingerprint density at radius 3 is 2.47 bits per heavy atom. The van der Waals surface area contributed by atoms with Crippen molar-refractivity contribution >= 4 is 27.7 Å². The Labute approximate surface area is 192 Å². The highest BCUT2D eigenvalue weighted by molar-refractivity contribution is 9.10. The third-order valence-corrected chi connectivity index (χ3v) is 10.4. The maximum absolute atomic E-state index is 13.2. The lowest BCUT2D eigenvalue weighted by Crippen LogP contribution is -2.55. The first-order valence-electron chi connectivity index (χ1n) is 12.4. The maximum Gasteiger partial charge on any atom is 0.303 e. The summed E-state index contributed by atoms with van der Waals surface area (Å²) in [5.74, 6) is 3.43. The summed E-state index contributed by atoms with van der Waals surface area (Å²) in [6.07, 6.45) is 10.5. The molecule has 3 aliphatic rings. The second-order valence-electron chi connectivity index (χ2n) is 11.8. The normalized spacial score (nSPS) is 42.1. The molecule has 0 unspecified atom stereocenters. The lowest BCUT2D eigenvalue weighted by molar-refractivity contribution is -0.147. The van der Waals surface area contributed by atoms with Crippen LogP contribution in [0.25, 0.3) is 0 Å². The van der Waals surface area contributed by atoms with Crippen LogP contribution in [0.5, 0.6) is 0 Å². The van der Waals surface area contributed by atoms with E-state index in [0.29, 0.717) is 29.6 Å². The Morgan fingerprint density at radius 1 is 1.13 bits per heavy atom. The van der Waals surface area contributed by atoms with Gasteiger partial charge in [0.05, 0.1) is 4.83 Å². The predicted octanol–water partition coefficient (Wildman–Crippen LogP) is 7.11. The molecule has 0 spiro atoms. The third-order valence-electron chi connectivity index (χ3n) is 9.64. The number of carboxylic acid groups (broad SMARTS) is 1. The highest BCUT2D eigenvalue weighted by Gasteiger charge is 2.61. The van der Waals surface area contributed by atoms with Crippen molar-refractivity contribution in [2.45, 2.75) is 104 Å². The molecule has 0 amide bonds. The van der Waals surface area contributed by atoms with Crippen LogP contribution in [0, 0.1) is 46.3 Å². The van der Waals surface area contributed by atoms with E-state index in [1.807, 2.05) is 0 Å². The van der Waals surface area contributed by atoms with Gasteiger partial charge in [-0.05, 0) is 79.4 Å². The van der Waals surface area contributed by atoms with Crippen LogP contribution in [0.2, 0.25) is 0 Å². The molecule has 30 heavy (non-hydrogen) atoms. The van der Waals surface area contributed by atoms with Gasteiger partial charge in [0, 0.05) is 11.8 Å². The van der Waals surface area contributed by atoms with Gasteiger partial charge in [0.15, 0.2) is 5.78 Å². The molecule has 0 saturated heterocycles. The molecule has 0 radical (unpaired) electrons. The van der Waals surface area contributed by atoms with Crippen molar-refractivity contribution in [2.24, 2.45) is 46.3 Å². The van der Waals surface area contributed by atoms with Crippen LogP contribution in [-0.4, -0.2) is 21.7 Å². The monoisotopic (exact) mass is 482 g/mol. The zero-order valence-electron chi connectivity index (χ0n) is 19.8. The molecule has 0 aliphatic heterocycles. The van der Waals surface area contributed by atoms with Crippen molar-refractivity contribution in [3.8, 4) is 0 Å². The van der Waals surface area contributed by atoms with Crippen molar-refractivity contribution in [1.82, 2.24) is 0 Å². The highest BCUT2D eigenvalue weighted by Crippen LogP contribution is 2.66. The molecule has 172 valence electrons. The van der Waals surface area contributed by atoms with E-state index >= 15 is 0 Å². The second-order valence-corrected chi connectivity index (χ2v) is 12.9. The fraction of sp³-hybridized carbons (Fsp3) is 0.923. The summed E-state index contributed by atoms with van der Waals surface area (Å²) >= 11 is 3.71. The average molecular weight is 484 g/mol. The Balaban J connectivity index is 1.77. The van der Waals surface area contributed by atoms with Crippen LogP contribution in [0.1, 0.15) is 98.8 Å². The number of rotatable bonds is 8. The second kappa shape index (κ2) is 9.24. The largest absolute Gasteiger partial charge is 0.481 e. The molecule has 4 heteroatoms. The molecule has 1 N–H and O–H groups in total. The Bertz CT molecular complexity index is 646. The summed E-state index contributed by atoms with van der Waals surface area (Å²) in [5.41, 5.74) is -0.100. The summed E-state index contributed by atoms with van der Waals surface area (Å²) < 4.78 is 0. The van der Waals surface area contributed by atoms with Gasteiger partial charge in [-0.15, -0.1) is 0 Å². The van der Waals surface area contributed by atoms with Gasteiger partial charge in [-0.25, -0.2) is 0 Å². The number of ketones is 1. The molecular formula is C26H43BrO3. The lowest BCUT2D eigenvalue weighted by atomic mass is 9.48. The average Bonchev–Trinajstić information content (AvgIpc) is 3.02. The number of fused-ring (bicyclic) bond motifs is 3.